The molecular formula is C58H35N5O. The highest BCUT2D eigenvalue weighted by Gasteiger charge is 2.31. The molecule has 0 saturated heterocycles. The van der Waals surface area contributed by atoms with Crippen LogP contribution in [0.3, 0.4) is 0 Å². The lowest BCUT2D eigenvalue weighted by molar-refractivity contribution is 0.669. The van der Waals surface area contributed by atoms with Gasteiger partial charge in [0.25, 0.3) is 0 Å². The first-order chi connectivity index (χ1) is 31.7. The minimum atomic E-state index is 0.525. The molecule has 13 rings (SSSR count). The van der Waals surface area contributed by atoms with Gasteiger partial charge in [-0.2, -0.15) is 9.97 Å². The van der Waals surface area contributed by atoms with Crippen molar-refractivity contribution in [2.45, 2.75) is 0 Å². The Hall–Kier alpha value is -8.74. The van der Waals surface area contributed by atoms with E-state index in [0.717, 1.165) is 99.6 Å². The van der Waals surface area contributed by atoms with Crippen LogP contribution in [0.4, 0.5) is 17.3 Å². The van der Waals surface area contributed by atoms with Gasteiger partial charge in [0, 0.05) is 38.2 Å². The van der Waals surface area contributed by atoms with Crippen LogP contribution in [-0.2, 0) is 0 Å². The predicted molar refractivity (Wildman–Crippen MR) is 261 cm³/mol. The van der Waals surface area contributed by atoms with Crippen LogP contribution in [0.2, 0.25) is 0 Å². The number of furan rings is 1. The van der Waals surface area contributed by atoms with Gasteiger partial charge in [-0.15, -0.1) is 0 Å². The first-order valence-electron chi connectivity index (χ1n) is 21.5. The Kier molecular flexibility index (Phi) is 8.11. The van der Waals surface area contributed by atoms with Crippen molar-refractivity contribution in [3.05, 3.63) is 212 Å². The molecule has 3 aromatic heterocycles. The van der Waals surface area contributed by atoms with Crippen LogP contribution in [0, 0.1) is 0 Å². The van der Waals surface area contributed by atoms with Crippen molar-refractivity contribution in [1.29, 1.82) is 0 Å². The fourth-order valence-corrected chi connectivity index (χ4v) is 9.46. The summed E-state index contributed by atoms with van der Waals surface area (Å²) in [6.45, 7) is 0. The molecule has 6 heteroatoms. The van der Waals surface area contributed by atoms with Gasteiger partial charge in [-0.1, -0.05) is 170 Å². The molecule has 0 aliphatic carbocycles. The summed E-state index contributed by atoms with van der Waals surface area (Å²) in [5.41, 5.74) is 15.0. The number of nitrogens with zero attached hydrogens (tertiary/aromatic N) is 5. The monoisotopic (exact) mass is 817 g/mol. The lowest BCUT2D eigenvalue weighted by Crippen LogP contribution is -2.19. The van der Waals surface area contributed by atoms with Gasteiger partial charge in [0.1, 0.15) is 11.2 Å². The molecule has 0 bridgehead atoms. The van der Waals surface area contributed by atoms with E-state index in [0.29, 0.717) is 17.6 Å². The van der Waals surface area contributed by atoms with Crippen LogP contribution in [0.25, 0.3) is 111 Å². The first kappa shape index (κ1) is 36.0. The van der Waals surface area contributed by atoms with Crippen molar-refractivity contribution in [3.63, 3.8) is 0 Å². The molecule has 6 nitrogen and oxygen atoms in total. The number of aromatic nitrogens is 4. The van der Waals surface area contributed by atoms with Crippen LogP contribution in [0.1, 0.15) is 0 Å². The van der Waals surface area contributed by atoms with Gasteiger partial charge in [0.2, 0.25) is 5.95 Å². The molecule has 0 saturated carbocycles. The molecule has 0 fully saturated rings. The number of pyridine rings is 1. The molecule has 0 spiro atoms. The van der Waals surface area contributed by atoms with Crippen molar-refractivity contribution >= 4 is 60.9 Å². The summed E-state index contributed by atoms with van der Waals surface area (Å²) in [7, 11) is 0. The van der Waals surface area contributed by atoms with Crippen molar-refractivity contribution in [1.82, 2.24) is 19.9 Å². The summed E-state index contributed by atoms with van der Waals surface area (Å²) in [6.07, 6.45) is 0. The van der Waals surface area contributed by atoms with Crippen LogP contribution >= 0.6 is 0 Å². The molecule has 9 aromatic carbocycles. The maximum atomic E-state index is 6.38. The second-order valence-corrected chi connectivity index (χ2v) is 16.2. The Labute approximate surface area is 368 Å². The van der Waals surface area contributed by atoms with E-state index in [1.54, 1.807) is 0 Å². The van der Waals surface area contributed by atoms with Gasteiger partial charge in [0.15, 0.2) is 11.6 Å². The minimum absolute atomic E-state index is 0.525. The van der Waals surface area contributed by atoms with Crippen molar-refractivity contribution < 1.29 is 4.42 Å². The van der Waals surface area contributed by atoms with E-state index < -0.39 is 0 Å². The van der Waals surface area contributed by atoms with Gasteiger partial charge >= 0.3 is 0 Å². The number of benzene rings is 9. The summed E-state index contributed by atoms with van der Waals surface area (Å²) in [6, 6.07) is 74.0. The fourth-order valence-electron chi connectivity index (χ4n) is 9.46. The van der Waals surface area contributed by atoms with E-state index in [-0.39, 0.29) is 0 Å². The second kappa shape index (κ2) is 14.4. The molecule has 0 N–H and O–H groups in total. The quantitative estimate of drug-likeness (QED) is 0.156. The Morgan fingerprint density at radius 1 is 0.328 bits per heavy atom. The number of fused-ring (bicyclic) bond motifs is 7. The van der Waals surface area contributed by atoms with Crippen molar-refractivity contribution in [2.75, 3.05) is 4.90 Å². The normalized spacial score (nSPS) is 12.0. The molecule has 0 unspecified atom stereocenters. The molecule has 4 heterocycles. The fraction of sp³-hybridized carbons (Fsp3) is 0. The molecule has 12 aromatic rings. The number of anilines is 3. The molecule has 0 amide bonds. The summed E-state index contributed by atoms with van der Waals surface area (Å²) in [5.74, 6) is 1.72. The van der Waals surface area contributed by atoms with E-state index in [2.05, 4.69) is 138 Å². The summed E-state index contributed by atoms with van der Waals surface area (Å²) >= 11 is 0. The number of hydrogen-bond acceptors (Lipinski definition) is 6. The zero-order valence-electron chi connectivity index (χ0n) is 34.4. The van der Waals surface area contributed by atoms with E-state index in [4.69, 9.17) is 24.4 Å². The third-order valence-corrected chi connectivity index (χ3v) is 12.4. The van der Waals surface area contributed by atoms with Gasteiger partial charge < -0.3 is 4.42 Å². The average molecular weight is 818 g/mol. The van der Waals surface area contributed by atoms with Gasteiger partial charge in [-0.3, -0.25) is 4.90 Å². The standard InChI is InChI=1S/C58H35N5O/c1-4-15-36(16-5-1)39-21-12-22-40(33-39)41-29-31-44-45-25-13-26-50-54(45)55(59-48(44)35-41)47-34-42(43-24-14-28-52-53(43)46-23-10-11-27-51(46)64-52)30-32-49(47)63(50)58-61-56(37-17-6-2-7-18-37)60-57(62-58)38-19-8-3-9-20-38/h1-35H. The molecule has 1 aliphatic heterocycles. The third kappa shape index (κ3) is 5.81. The lowest BCUT2D eigenvalue weighted by Gasteiger charge is -2.32. The Bertz CT molecular complexity index is 3730. The van der Waals surface area contributed by atoms with Crippen LogP contribution in [0.5, 0.6) is 0 Å². The topological polar surface area (TPSA) is 67.9 Å². The third-order valence-electron chi connectivity index (χ3n) is 12.4. The molecule has 0 atom stereocenters. The smallest absolute Gasteiger partial charge is 0.238 e. The van der Waals surface area contributed by atoms with E-state index in [1.807, 2.05) is 78.9 Å². The minimum Gasteiger partial charge on any atom is -0.456 e. The molecular weight excluding hydrogens is 783 g/mol. The van der Waals surface area contributed by atoms with E-state index >= 15 is 0 Å². The predicted octanol–water partition coefficient (Wildman–Crippen LogP) is 15.3. The maximum Gasteiger partial charge on any atom is 0.238 e. The van der Waals surface area contributed by atoms with Crippen LogP contribution in [0.15, 0.2) is 217 Å². The van der Waals surface area contributed by atoms with E-state index in [9.17, 15) is 0 Å². The zero-order valence-corrected chi connectivity index (χ0v) is 34.4. The Morgan fingerprint density at radius 3 is 1.69 bits per heavy atom. The van der Waals surface area contributed by atoms with Crippen LogP contribution in [-0.4, -0.2) is 19.9 Å². The highest BCUT2D eigenvalue weighted by atomic mass is 16.3. The van der Waals surface area contributed by atoms with Crippen LogP contribution < -0.4 is 4.90 Å². The zero-order chi connectivity index (χ0) is 42.1. The highest BCUT2D eigenvalue weighted by Crippen LogP contribution is 2.52. The molecule has 0 radical (unpaired) electrons. The van der Waals surface area contributed by atoms with Crippen molar-refractivity contribution in [3.8, 4) is 67.4 Å². The first-order valence-corrected chi connectivity index (χ1v) is 21.5. The molecule has 298 valence electrons. The summed E-state index contributed by atoms with van der Waals surface area (Å²) in [5, 5.41) is 5.38. The highest BCUT2D eigenvalue weighted by molar-refractivity contribution is 6.21. The Morgan fingerprint density at radius 2 is 0.922 bits per heavy atom. The molecule has 64 heavy (non-hydrogen) atoms. The number of hydrogen-bond donors (Lipinski definition) is 0. The largest absolute Gasteiger partial charge is 0.456 e. The van der Waals surface area contributed by atoms with E-state index in [1.165, 1.54) is 11.1 Å². The number of para-hydroxylation sites is 1. The average Bonchev–Trinajstić information content (AvgIpc) is 3.76. The van der Waals surface area contributed by atoms with Gasteiger partial charge in [-0.25, -0.2) is 9.97 Å². The van der Waals surface area contributed by atoms with Gasteiger partial charge in [-0.05, 0) is 81.2 Å². The van der Waals surface area contributed by atoms with Crippen molar-refractivity contribution in [2.24, 2.45) is 0 Å². The summed E-state index contributed by atoms with van der Waals surface area (Å²) < 4.78 is 6.38. The SMILES string of the molecule is c1ccc(-c2cccc(-c3ccc4c(c3)nc3c5c(cccc54)N(c4nc(-c5ccccc5)nc(-c5ccccc5)n4)c4ccc(-c5cccc6oc7ccccc7c56)cc4-3)c2)cc1. The summed E-state index contributed by atoms with van der Waals surface area (Å²) in [4.78, 5) is 23.4. The lowest BCUT2D eigenvalue weighted by atomic mass is 9.90. The maximum absolute atomic E-state index is 6.38. The van der Waals surface area contributed by atoms with Gasteiger partial charge in [0.05, 0.1) is 22.6 Å². The second-order valence-electron chi connectivity index (χ2n) is 16.2. The number of rotatable bonds is 6. The Balaban J connectivity index is 1.07. The molecule has 1 aliphatic rings.